The van der Waals surface area contributed by atoms with E-state index in [9.17, 15) is 4.79 Å². The van der Waals surface area contributed by atoms with Gasteiger partial charge in [0.1, 0.15) is 0 Å². The zero-order valence-electron chi connectivity index (χ0n) is 10.1. The Kier molecular flexibility index (Phi) is 6.65. The fraction of sp³-hybridized carbons (Fsp3) is 0.909. The quantitative estimate of drug-likeness (QED) is 0.625. The van der Waals surface area contributed by atoms with E-state index >= 15 is 0 Å². The summed E-state index contributed by atoms with van der Waals surface area (Å²) in [6.45, 7) is 7.04. The largest absolute Gasteiger partial charge is 0.481 e. The average Bonchev–Trinajstić information content (AvgIpc) is 2.17. The molecule has 1 atom stereocenters. The van der Waals surface area contributed by atoms with Crippen molar-refractivity contribution in [3.05, 3.63) is 0 Å². The summed E-state index contributed by atoms with van der Waals surface area (Å²) >= 11 is 0. The third-order valence-corrected chi connectivity index (χ3v) is 3.03. The molecule has 15 heavy (non-hydrogen) atoms. The molecule has 0 fully saturated rings. The molecule has 1 unspecified atom stereocenters. The van der Waals surface area contributed by atoms with Crippen LogP contribution in [0.4, 0.5) is 0 Å². The van der Waals surface area contributed by atoms with Crippen molar-refractivity contribution in [1.29, 1.82) is 0 Å². The molecule has 0 bridgehead atoms. The molecule has 0 heterocycles. The lowest BCUT2D eigenvalue weighted by Gasteiger charge is -2.39. The molecule has 0 amide bonds. The third-order valence-electron chi connectivity index (χ3n) is 3.03. The minimum Gasteiger partial charge on any atom is -0.481 e. The normalized spacial score (nSPS) is 15.2. The lowest BCUT2D eigenvalue weighted by molar-refractivity contribution is -0.137. The van der Waals surface area contributed by atoms with Crippen LogP contribution in [0.5, 0.6) is 0 Å². The Morgan fingerprint density at radius 2 is 2.07 bits per heavy atom. The fourth-order valence-electron chi connectivity index (χ4n) is 1.73. The molecule has 86 valence electrons. The Bertz CT molecular complexity index is 199. The van der Waals surface area contributed by atoms with Gasteiger partial charge in [0.05, 0.1) is 0 Å². The maximum Gasteiger partial charge on any atom is 0.303 e. The Morgan fingerprint density at radius 1 is 1.47 bits per heavy atom. The predicted molar refractivity (Wildman–Crippen MR) is 62.9 cm³/mol. The molecule has 1 N–H and O–H groups in total. The highest BCUT2D eigenvalue weighted by molar-refractivity contribution is 6.04. The summed E-state index contributed by atoms with van der Waals surface area (Å²) in [5.74, 6) is -0.753. The van der Waals surface area contributed by atoms with E-state index in [2.05, 4.69) is 20.8 Å². The summed E-state index contributed by atoms with van der Waals surface area (Å²) in [7, 11) is 5.98. The molecule has 2 radical (unpaired) electrons. The predicted octanol–water partition coefficient (Wildman–Crippen LogP) is 2.21. The first-order valence-electron chi connectivity index (χ1n) is 5.70. The topological polar surface area (TPSA) is 40.5 Å². The minimum absolute atomic E-state index is 0.00720. The van der Waals surface area contributed by atoms with E-state index in [0.29, 0.717) is 13.0 Å². The van der Waals surface area contributed by atoms with Gasteiger partial charge in [0.25, 0.3) is 0 Å². The van der Waals surface area contributed by atoms with Crippen molar-refractivity contribution >= 4 is 14.0 Å². The van der Waals surface area contributed by atoms with E-state index in [1.54, 1.807) is 4.81 Å². The van der Waals surface area contributed by atoms with Gasteiger partial charge in [-0.2, -0.15) is 0 Å². The van der Waals surface area contributed by atoms with Gasteiger partial charge in [0.15, 0.2) is 7.98 Å². The first-order valence-corrected chi connectivity index (χ1v) is 5.70. The first-order chi connectivity index (χ1) is 6.96. The van der Waals surface area contributed by atoms with Crippen molar-refractivity contribution in [2.45, 2.75) is 58.4 Å². The van der Waals surface area contributed by atoms with Crippen molar-refractivity contribution in [3.8, 4) is 0 Å². The lowest BCUT2D eigenvalue weighted by Crippen LogP contribution is -2.44. The first kappa shape index (κ1) is 14.5. The molecule has 0 aromatic heterocycles. The smallest absolute Gasteiger partial charge is 0.303 e. The highest BCUT2D eigenvalue weighted by Crippen LogP contribution is 2.23. The standard InChI is InChI=1S/C11H22BNO2/c1-4-8-11(3,5-2)13(12)9-6-7-10(14)15/h4-9H2,1-3H3,(H,14,15). The van der Waals surface area contributed by atoms with Crippen LogP contribution >= 0.6 is 0 Å². The van der Waals surface area contributed by atoms with Gasteiger partial charge in [0, 0.05) is 12.0 Å². The molecular weight excluding hydrogens is 189 g/mol. The highest BCUT2D eigenvalue weighted by Gasteiger charge is 2.24. The van der Waals surface area contributed by atoms with Gasteiger partial charge in [-0.05, 0) is 32.7 Å². The second kappa shape index (κ2) is 6.88. The van der Waals surface area contributed by atoms with E-state index in [-0.39, 0.29) is 12.0 Å². The number of rotatable bonds is 8. The maximum absolute atomic E-state index is 10.4. The van der Waals surface area contributed by atoms with E-state index < -0.39 is 5.97 Å². The number of aliphatic carboxylic acids is 1. The monoisotopic (exact) mass is 211 g/mol. The SMILES string of the molecule is [B]N(CCCC(=O)O)C(C)(CC)CCC. The van der Waals surface area contributed by atoms with Gasteiger partial charge in [-0.15, -0.1) is 0 Å². The molecule has 0 spiro atoms. The Balaban J connectivity index is 4.03. The van der Waals surface area contributed by atoms with E-state index in [4.69, 9.17) is 13.1 Å². The van der Waals surface area contributed by atoms with Crippen molar-refractivity contribution in [1.82, 2.24) is 4.81 Å². The Morgan fingerprint density at radius 3 is 2.47 bits per heavy atom. The molecule has 4 heteroatoms. The second-order valence-corrected chi connectivity index (χ2v) is 4.29. The highest BCUT2D eigenvalue weighted by atomic mass is 16.4. The number of hydrogen-bond acceptors (Lipinski definition) is 2. The van der Waals surface area contributed by atoms with Crippen LogP contribution < -0.4 is 0 Å². The molecule has 0 aromatic carbocycles. The Hall–Kier alpha value is -0.505. The zero-order chi connectivity index (χ0) is 11.9. The van der Waals surface area contributed by atoms with E-state index in [1.165, 1.54) is 0 Å². The number of nitrogens with zero attached hydrogens (tertiary/aromatic N) is 1. The van der Waals surface area contributed by atoms with Crippen LogP contribution in [0.15, 0.2) is 0 Å². The molecule has 0 aliphatic heterocycles. The van der Waals surface area contributed by atoms with Gasteiger partial charge >= 0.3 is 5.97 Å². The average molecular weight is 211 g/mol. The maximum atomic E-state index is 10.4. The van der Waals surface area contributed by atoms with Gasteiger partial charge in [0.2, 0.25) is 0 Å². The fourth-order valence-corrected chi connectivity index (χ4v) is 1.73. The molecule has 0 aliphatic carbocycles. The van der Waals surface area contributed by atoms with E-state index in [0.717, 1.165) is 19.3 Å². The second-order valence-electron chi connectivity index (χ2n) is 4.29. The summed E-state index contributed by atoms with van der Waals surface area (Å²) in [4.78, 5) is 12.2. The molecule has 3 nitrogen and oxygen atoms in total. The van der Waals surface area contributed by atoms with Crippen molar-refractivity contribution in [3.63, 3.8) is 0 Å². The number of carboxylic acid groups (broad SMARTS) is 1. The number of carbonyl (C=O) groups is 1. The summed E-state index contributed by atoms with van der Waals surface area (Å²) < 4.78 is 0. The van der Waals surface area contributed by atoms with E-state index in [1.807, 2.05) is 0 Å². The third kappa shape index (κ3) is 5.21. The molecule has 0 aromatic rings. The number of carboxylic acids is 1. The molecule has 0 rings (SSSR count). The van der Waals surface area contributed by atoms with Gasteiger partial charge in [-0.3, -0.25) is 4.79 Å². The Labute approximate surface area is 94.3 Å². The van der Waals surface area contributed by atoms with Crippen molar-refractivity contribution in [2.75, 3.05) is 6.54 Å². The van der Waals surface area contributed by atoms with Crippen LogP contribution in [0.2, 0.25) is 0 Å². The molecule has 0 saturated carbocycles. The van der Waals surface area contributed by atoms with Crippen molar-refractivity contribution < 1.29 is 9.90 Å². The zero-order valence-corrected chi connectivity index (χ0v) is 10.1. The van der Waals surface area contributed by atoms with Crippen LogP contribution in [-0.4, -0.2) is 36.0 Å². The molecular formula is C11H22BNO2. The lowest BCUT2D eigenvalue weighted by atomic mass is 9.88. The summed E-state index contributed by atoms with van der Waals surface area (Å²) in [5, 5.41) is 8.53. The summed E-state index contributed by atoms with van der Waals surface area (Å²) in [5.41, 5.74) is 0.00720. The summed E-state index contributed by atoms with van der Waals surface area (Å²) in [6.07, 6.45) is 3.94. The minimum atomic E-state index is -0.753. The molecule has 0 saturated heterocycles. The van der Waals surface area contributed by atoms with Gasteiger partial charge in [-0.1, -0.05) is 20.3 Å². The summed E-state index contributed by atoms with van der Waals surface area (Å²) in [6, 6.07) is 0. The number of hydrogen-bond donors (Lipinski definition) is 1. The van der Waals surface area contributed by atoms with Gasteiger partial charge in [-0.25, -0.2) is 0 Å². The van der Waals surface area contributed by atoms with Gasteiger partial charge < -0.3 is 9.92 Å². The van der Waals surface area contributed by atoms with Crippen LogP contribution in [0, 0.1) is 0 Å². The van der Waals surface area contributed by atoms with Crippen LogP contribution in [0.3, 0.4) is 0 Å². The molecule has 0 aliphatic rings. The van der Waals surface area contributed by atoms with Crippen LogP contribution in [0.1, 0.15) is 52.9 Å². The van der Waals surface area contributed by atoms with Crippen LogP contribution in [0.25, 0.3) is 0 Å². The van der Waals surface area contributed by atoms with Crippen molar-refractivity contribution in [2.24, 2.45) is 0 Å². The van der Waals surface area contributed by atoms with Crippen LogP contribution in [-0.2, 0) is 4.79 Å².